The second-order valence-corrected chi connectivity index (χ2v) is 3.39. The summed E-state index contributed by atoms with van der Waals surface area (Å²) in [5.74, 6) is -0.716. The lowest BCUT2D eigenvalue weighted by Crippen LogP contribution is -2.13. The van der Waals surface area contributed by atoms with Crippen LogP contribution in [0.15, 0.2) is 11.6 Å². The molecule has 0 rings (SSSR count). The van der Waals surface area contributed by atoms with Crippen LogP contribution < -0.4 is 0 Å². The van der Waals surface area contributed by atoms with E-state index in [0.29, 0.717) is 6.61 Å². The van der Waals surface area contributed by atoms with E-state index in [1.807, 2.05) is 0 Å². The first-order valence-corrected chi connectivity index (χ1v) is 5.51. The van der Waals surface area contributed by atoms with Crippen molar-refractivity contribution in [3.05, 3.63) is 11.6 Å². The van der Waals surface area contributed by atoms with Crippen LogP contribution in [-0.2, 0) is 14.3 Å². The van der Waals surface area contributed by atoms with E-state index >= 15 is 0 Å². The summed E-state index contributed by atoms with van der Waals surface area (Å²) >= 11 is 0. The Morgan fingerprint density at radius 3 is 2.33 bits per heavy atom. The number of carbonyl (C=O) groups excluding carboxylic acids is 2. The van der Waals surface area contributed by atoms with E-state index in [1.165, 1.54) is 6.92 Å². The van der Waals surface area contributed by atoms with E-state index in [4.69, 9.17) is 4.74 Å². The molecule has 0 heterocycles. The zero-order chi connectivity index (χ0) is 11.7. The number of allylic oxidation sites excluding steroid dienone is 1. The molecule has 0 aromatic heterocycles. The minimum Gasteiger partial charge on any atom is -0.462 e. The summed E-state index contributed by atoms with van der Waals surface area (Å²) in [6.45, 7) is 5.54. The third-order valence-corrected chi connectivity index (χ3v) is 2.03. The number of carbonyl (C=O) groups is 2. The zero-order valence-corrected chi connectivity index (χ0v) is 9.84. The Kier molecular flexibility index (Phi) is 7.60. The lowest BCUT2D eigenvalue weighted by Gasteiger charge is -2.03. The summed E-state index contributed by atoms with van der Waals surface area (Å²) in [4.78, 5) is 22.5. The average molecular weight is 212 g/mol. The Balaban J connectivity index is 4.25. The number of esters is 1. The molecule has 15 heavy (non-hydrogen) atoms. The van der Waals surface area contributed by atoms with Crippen LogP contribution in [0.3, 0.4) is 0 Å². The molecule has 3 heteroatoms. The van der Waals surface area contributed by atoms with Crippen molar-refractivity contribution in [1.82, 2.24) is 0 Å². The number of hydrogen-bond acceptors (Lipinski definition) is 3. The zero-order valence-electron chi connectivity index (χ0n) is 9.84. The molecule has 0 fully saturated rings. The van der Waals surface area contributed by atoms with Crippen LogP contribution in [0, 0.1) is 0 Å². The van der Waals surface area contributed by atoms with E-state index < -0.39 is 5.97 Å². The van der Waals surface area contributed by atoms with Crippen molar-refractivity contribution in [1.29, 1.82) is 0 Å². The maximum atomic E-state index is 11.3. The number of ether oxygens (including phenoxy) is 1. The smallest absolute Gasteiger partial charge is 0.341 e. The highest BCUT2D eigenvalue weighted by molar-refractivity contribution is 6.16. The van der Waals surface area contributed by atoms with Crippen LogP contribution in [0.5, 0.6) is 0 Å². The number of Topliss-reactive ketones (excluding diaryl/α,β-unsaturated/α-hetero) is 1. The first-order valence-electron chi connectivity index (χ1n) is 5.51. The van der Waals surface area contributed by atoms with Gasteiger partial charge in [-0.3, -0.25) is 4.79 Å². The summed E-state index contributed by atoms with van der Waals surface area (Å²) in [7, 11) is 0. The Bertz CT molecular complexity index is 241. The monoisotopic (exact) mass is 212 g/mol. The molecule has 0 saturated heterocycles. The minimum atomic E-state index is -0.499. The number of unbranched alkanes of at least 4 members (excludes halogenated alkanes) is 3. The fraction of sp³-hybridized carbons (Fsp3) is 0.667. The number of rotatable bonds is 7. The van der Waals surface area contributed by atoms with Crippen molar-refractivity contribution in [3.63, 3.8) is 0 Å². The number of hydrogen-bond donors (Lipinski definition) is 0. The van der Waals surface area contributed by atoms with Gasteiger partial charge in [0.1, 0.15) is 0 Å². The molecule has 86 valence electrons. The Labute approximate surface area is 91.5 Å². The Morgan fingerprint density at radius 2 is 1.87 bits per heavy atom. The number of ketones is 1. The highest BCUT2D eigenvalue weighted by Gasteiger charge is 2.14. The molecule has 0 N–H and O–H groups in total. The Morgan fingerprint density at radius 1 is 1.20 bits per heavy atom. The van der Waals surface area contributed by atoms with E-state index in [0.717, 1.165) is 25.7 Å². The molecule has 0 aliphatic heterocycles. The molecular weight excluding hydrogens is 192 g/mol. The first-order chi connectivity index (χ1) is 7.13. The molecule has 0 spiro atoms. The van der Waals surface area contributed by atoms with Gasteiger partial charge in [-0.1, -0.05) is 25.8 Å². The second-order valence-electron chi connectivity index (χ2n) is 3.39. The summed E-state index contributed by atoms with van der Waals surface area (Å²) in [6.07, 6.45) is 5.71. The SMILES string of the molecule is CCCCC/C=C(\C(C)=O)C(=O)OCC. The predicted octanol–water partition coefficient (Wildman–Crippen LogP) is 2.65. The van der Waals surface area contributed by atoms with Gasteiger partial charge in [0.2, 0.25) is 0 Å². The van der Waals surface area contributed by atoms with Gasteiger partial charge in [0.15, 0.2) is 5.78 Å². The lowest BCUT2D eigenvalue weighted by atomic mass is 10.1. The van der Waals surface area contributed by atoms with Gasteiger partial charge >= 0.3 is 5.97 Å². The van der Waals surface area contributed by atoms with Gasteiger partial charge in [-0.25, -0.2) is 4.79 Å². The fourth-order valence-corrected chi connectivity index (χ4v) is 1.22. The molecule has 0 saturated carbocycles. The van der Waals surface area contributed by atoms with Crippen LogP contribution in [0.25, 0.3) is 0 Å². The fourth-order valence-electron chi connectivity index (χ4n) is 1.22. The molecule has 0 unspecified atom stereocenters. The van der Waals surface area contributed by atoms with Crippen molar-refractivity contribution in [2.45, 2.75) is 46.5 Å². The molecule has 0 bridgehead atoms. The largest absolute Gasteiger partial charge is 0.462 e. The minimum absolute atomic E-state index is 0.188. The molecule has 0 atom stereocenters. The van der Waals surface area contributed by atoms with Crippen molar-refractivity contribution in [2.24, 2.45) is 0 Å². The van der Waals surface area contributed by atoms with Gasteiger partial charge < -0.3 is 4.74 Å². The van der Waals surface area contributed by atoms with Gasteiger partial charge in [0, 0.05) is 0 Å². The third kappa shape index (κ3) is 6.05. The molecule has 0 aromatic carbocycles. The predicted molar refractivity (Wildman–Crippen MR) is 59.5 cm³/mol. The topological polar surface area (TPSA) is 43.4 Å². The lowest BCUT2D eigenvalue weighted by molar-refractivity contribution is -0.139. The third-order valence-electron chi connectivity index (χ3n) is 2.03. The van der Waals surface area contributed by atoms with Gasteiger partial charge in [0.25, 0.3) is 0 Å². The van der Waals surface area contributed by atoms with Crippen LogP contribution in [0.2, 0.25) is 0 Å². The van der Waals surface area contributed by atoms with Gasteiger partial charge in [-0.15, -0.1) is 0 Å². The van der Waals surface area contributed by atoms with E-state index in [1.54, 1.807) is 13.0 Å². The highest BCUT2D eigenvalue weighted by atomic mass is 16.5. The van der Waals surface area contributed by atoms with Crippen LogP contribution in [0.1, 0.15) is 46.5 Å². The first kappa shape index (κ1) is 13.9. The van der Waals surface area contributed by atoms with Crippen LogP contribution >= 0.6 is 0 Å². The maximum Gasteiger partial charge on any atom is 0.341 e. The van der Waals surface area contributed by atoms with Crippen molar-refractivity contribution >= 4 is 11.8 Å². The standard InChI is InChI=1S/C12H20O3/c1-4-6-7-8-9-11(10(3)13)12(14)15-5-2/h9H,4-8H2,1-3H3/b11-9+. The van der Waals surface area contributed by atoms with E-state index in [2.05, 4.69) is 6.92 Å². The van der Waals surface area contributed by atoms with Crippen LogP contribution in [0.4, 0.5) is 0 Å². The van der Waals surface area contributed by atoms with Gasteiger partial charge in [0.05, 0.1) is 12.2 Å². The van der Waals surface area contributed by atoms with Crippen molar-refractivity contribution < 1.29 is 14.3 Å². The van der Waals surface area contributed by atoms with E-state index in [9.17, 15) is 9.59 Å². The molecule has 0 aliphatic rings. The van der Waals surface area contributed by atoms with Crippen molar-refractivity contribution in [3.8, 4) is 0 Å². The normalized spacial score (nSPS) is 11.3. The van der Waals surface area contributed by atoms with Gasteiger partial charge in [-0.2, -0.15) is 0 Å². The summed E-state index contributed by atoms with van der Waals surface area (Å²) in [5, 5.41) is 0. The molecule has 3 nitrogen and oxygen atoms in total. The maximum absolute atomic E-state index is 11.3. The Hall–Kier alpha value is -1.12. The summed E-state index contributed by atoms with van der Waals surface area (Å²) < 4.78 is 4.79. The summed E-state index contributed by atoms with van der Waals surface area (Å²) in [5.41, 5.74) is 0.188. The average Bonchev–Trinajstić information content (AvgIpc) is 2.17. The highest BCUT2D eigenvalue weighted by Crippen LogP contribution is 2.06. The molecule has 0 amide bonds. The van der Waals surface area contributed by atoms with Crippen molar-refractivity contribution in [2.75, 3.05) is 6.61 Å². The molecule has 0 aromatic rings. The van der Waals surface area contributed by atoms with E-state index in [-0.39, 0.29) is 11.4 Å². The van der Waals surface area contributed by atoms with Gasteiger partial charge in [-0.05, 0) is 26.7 Å². The molecule has 0 radical (unpaired) electrons. The second kappa shape index (κ2) is 8.21. The molecular formula is C12H20O3. The summed E-state index contributed by atoms with van der Waals surface area (Å²) in [6, 6.07) is 0. The van der Waals surface area contributed by atoms with Crippen LogP contribution in [-0.4, -0.2) is 18.4 Å². The molecule has 0 aliphatic carbocycles. The quantitative estimate of drug-likeness (QED) is 0.214.